The predicted molar refractivity (Wildman–Crippen MR) is 343 cm³/mol. The van der Waals surface area contributed by atoms with Crippen LogP contribution in [0, 0.1) is 0 Å². The molecule has 6 nitrogen and oxygen atoms in total. The van der Waals surface area contributed by atoms with Crippen LogP contribution in [0.2, 0.25) is 0 Å². The summed E-state index contributed by atoms with van der Waals surface area (Å²) in [4.78, 5) is 38.3. The summed E-state index contributed by atoms with van der Waals surface area (Å²) in [6.45, 7) is 6.37. The molecule has 0 saturated heterocycles. The number of ether oxygens (including phenoxy) is 3. The Morgan fingerprint density at radius 1 is 0.266 bits per heavy atom. The third-order valence-electron chi connectivity index (χ3n) is 13.9. The van der Waals surface area contributed by atoms with Crippen molar-refractivity contribution in [1.82, 2.24) is 0 Å². The van der Waals surface area contributed by atoms with E-state index >= 15 is 0 Å². The Bertz CT molecular complexity index is 1640. The van der Waals surface area contributed by atoms with E-state index < -0.39 is 6.10 Å². The number of hydrogen-bond donors (Lipinski definition) is 0. The van der Waals surface area contributed by atoms with Crippen LogP contribution in [0.15, 0.2) is 122 Å². The highest BCUT2D eigenvalue weighted by molar-refractivity contribution is 5.71. The first-order chi connectivity index (χ1) is 39.0. The van der Waals surface area contributed by atoms with Crippen molar-refractivity contribution < 1.29 is 28.6 Å². The number of allylic oxidation sites excluding steroid dienone is 20. The quantitative estimate of drug-likeness (QED) is 0.0261. The van der Waals surface area contributed by atoms with Gasteiger partial charge >= 0.3 is 17.9 Å². The van der Waals surface area contributed by atoms with Crippen LogP contribution in [-0.4, -0.2) is 37.2 Å². The Kier molecular flexibility index (Phi) is 62.8. The molecule has 0 fully saturated rings. The van der Waals surface area contributed by atoms with E-state index in [0.717, 1.165) is 116 Å². The first-order valence-electron chi connectivity index (χ1n) is 33.0. The molecule has 79 heavy (non-hydrogen) atoms. The van der Waals surface area contributed by atoms with E-state index in [1.54, 1.807) is 0 Å². The predicted octanol–water partition coefficient (Wildman–Crippen LogP) is 22.8. The van der Waals surface area contributed by atoms with Crippen LogP contribution in [0.3, 0.4) is 0 Å². The molecule has 0 rings (SSSR count). The summed E-state index contributed by atoms with van der Waals surface area (Å²) in [6.07, 6.45) is 92.2. The zero-order valence-electron chi connectivity index (χ0n) is 51.6. The molecule has 6 heteroatoms. The summed E-state index contributed by atoms with van der Waals surface area (Å²) in [5, 5.41) is 0. The van der Waals surface area contributed by atoms with Gasteiger partial charge in [0.1, 0.15) is 13.2 Å². The highest BCUT2D eigenvalue weighted by atomic mass is 16.6. The lowest BCUT2D eigenvalue weighted by atomic mass is 10.0. The first kappa shape index (κ1) is 74.8. The van der Waals surface area contributed by atoms with E-state index in [-0.39, 0.29) is 37.5 Å². The molecular weight excluding hydrogens is 973 g/mol. The highest BCUT2D eigenvalue weighted by Gasteiger charge is 2.19. The SMILES string of the molecule is CC/C=C\C/C=C\C/C=C\C/C=C\C/C=C\CCCC(=O)OC(COC(=O)CCCCCCC/C=C\CCCCCCCC)COC(=O)CCCCCCCCCCCCCCCCCC/C=C\C/C=C\C/C=C\C/C=C\CC. The van der Waals surface area contributed by atoms with Crippen LogP contribution >= 0.6 is 0 Å². The largest absolute Gasteiger partial charge is 0.462 e. The molecular formula is C73H122O6. The maximum absolute atomic E-state index is 12.9. The molecule has 0 aromatic carbocycles. The molecule has 0 radical (unpaired) electrons. The molecule has 0 heterocycles. The normalized spacial score (nSPS) is 12.9. The van der Waals surface area contributed by atoms with Crippen LogP contribution in [0.25, 0.3) is 0 Å². The summed E-state index contributed by atoms with van der Waals surface area (Å²) in [5.74, 6) is -0.964. The average Bonchev–Trinajstić information content (AvgIpc) is 3.45. The molecule has 450 valence electrons. The lowest BCUT2D eigenvalue weighted by Crippen LogP contribution is -2.30. The van der Waals surface area contributed by atoms with Gasteiger partial charge < -0.3 is 14.2 Å². The van der Waals surface area contributed by atoms with Gasteiger partial charge in [0.05, 0.1) is 0 Å². The van der Waals surface area contributed by atoms with Gasteiger partial charge in [-0.3, -0.25) is 14.4 Å². The summed E-state index contributed by atoms with van der Waals surface area (Å²) in [5.41, 5.74) is 0. The summed E-state index contributed by atoms with van der Waals surface area (Å²) < 4.78 is 16.9. The maximum atomic E-state index is 12.9. The topological polar surface area (TPSA) is 78.9 Å². The number of carbonyl (C=O) groups excluding carboxylic acids is 3. The minimum absolute atomic E-state index is 0.103. The van der Waals surface area contributed by atoms with Crippen molar-refractivity contribution in [3.63, 3.8) is 0 Å². The Labute approximate surface area is 488 Å². The van der Waals surface area contributed by atoms with Crippen molar-refractivity contribution >= 4 is 17.9 Å². The van der Waals surface area contributed by atoms with Crippen molar-refractivity contribution in [1.29, 1.82) is 0 Å². The molecule has 0 bridgehead atoms. The fourth-order valence-corrected chi connectivity index (χ4v) is 9.05. The maximum Gasteiger partial charge on any atom is 0.306 e. The lowest BCUT2D eigenvalue weighted by Gasteiger charge is -2.18. The third-order valence-corrected chi connectivity index (χ3v) is 13.9. The summed E-state index contributed by atoms with van der Waals surface area (Å²) in [7, 11) is 0. The monoisotopic (exact) mass is 1090 g/mol. The summed E-state index contributed by atoms with van der Waals surface area (Å²) >= 11 is 0. The lowest BCUT2D eigenvalue weighted by molar-refractivity contribution is -0.167. The van der Waals surface area contributed by atoms with Gasteiger partial charge in [-0.05, 0) is 122 Å². The van der Waals surface area contributed by atoms with Gasteiger partial charge in [-0.1, -0.05) is 284 Å². The van der Waals surface area contributed by atoms with Crippen molar-refractivity contribution in [3.05, 3.63) is 122 Å². The zero-order chi connectivity index (χ0) is 57.1. The van der Waals surface area contributed by atoms with Crippen LogP contribution in [0.5, 0.6) is 0 Å². The third kappa shape index (κ3) is 64.5. The van der Waals surface area contributed by atoms with Crippen molar-refractivity contribution in [3.8, 4) is 0 Å². The van der Waals surface area contributed by atoms with E-state index in [2.05, 4.69) is 142 Å². The first-order valence-corrected chi connectivity index (χ1v) is 33.0. The molecule has 1 atom stereocenters. The second-order valence-corrected chi connectivity index (χ2v) is 21.6. The minimum atomic E-state index is -0.814. The van der Waals surface area contributed by atoms with Crippen LogP contribution in [0.4, 0.5) is 0 Å². The molecule has 0 amide bonds. The Morgan fingerprint density at radius 2 is 0.506 bits per heavy atom. The molecule has 1 unspecified atom stereocenters. The average molecular weight is 1100 g/mol. The molecule has 0 aliphatic carbocycles. The number of carbonyl (C=O) groups is 3. The molecule has 0 aromatic heterocycles. The van der Waals surface area contributed by atoms with Gasteiger partial charge in [0.2, 0.25) is 0 Å². The molecule has 0 aliphatic heterocycles. The Hall–Kier alpha value is -4.19. The minimum Gasteiger partial charge on any atom is -0.462 e. The fraction of sp³-hybridized carbons (Fsp3) is 0.685. The van der Waals surface area contributed by atoms with E-state index in [1.807, 2.05) is 0 Å². The second kappa shape index (κ2) is 66.3. The standard InChI is InChI=1S/C73H122O6/c1-4-7-10-13-16-19-22-25-28-30-31-32-33-34-35-36-37-38-39-40-41-43-45-48-51-54-57-60-63-66-72(75)78-69-70(68-77-71(74)65-62-59-56-53-50-47-44-27-24-21-18-15-12-9-6-3)79-73(76)67-64-61-58-55-52-49-46-42-29-26-23-20-17-14-11-8-5-2/h7-8,10-11,16-17,19-20,25-29,31-32,44,46,49,55,58,70H,4-6,9,12-15,18,21-24,30,33-43,45,47-48,50-54,56-57,59-69H2,1-3H3/b10-7-,11-8-,19-16-,20-17-,28-25-,29-26-,32-31-,44-27-,49-46-,58-55-. The van der Waals surface area contributed by atoms with E-state index in [0.29, 0.717) is 19.3 Å². The number of unbranched alkanes of at least 4 members (excludes halogenated alkanes) is 28. The van der Waals surface area contributed by atoms with Gasteiger partial charge in [0.15, 0.2) is 6.10 Å². The van der Waals surface area contributed by atoms with Gasteiger partial charge in [-0.2, -0.15) is 0 Å². The van der Waals surface area contributed by atoms with Crippen LogP contribution in [-0.2, 0) is 28.6 Å². The number of esters is 3. The highest BCUT2D eigenvalue weighted by Crippen LogP contribution is 2.16. The zero-order valence-corrected chi connectivity index (χ0v) is 51.6. The van der Waals surface area contributed by atoms with Gasteiger partial charge in [0.25, 0.3) is 0 Å². The molecule has 0 saturated carbocycles. The Morgan fingerprint density at radius 3 is 0.823 bits per heavy atom. The van der Waals surface area contributed by atoms with Gasteiger partial charge in [-0.15, -0.1) is 0 Å². The van der Waals surface area contributed by atoms with Crippen LogP contribution < -0.4 is 0 Å². The van der Waals surface area contributed by atoms with E-state index in [9.17, 15) is 14.4 Å². The van der Waals surface area contributed by atoms with Crippen molar-refractivity contribution in [2.45, 2.75) is 309 Å². The van der Waals surface area contributed by atoms with E-state index in [4.69, 9.17) is 14.2 Å². The smallest absolute Gasteiger partial charge is 0.306 e. The van der Waals surface area contributed by atoms with Crippen molar-refractivity contribution in [2.75, 3.05) is 13.2 Å². The molecule has 0 aliphatic rings. The number of hydrogen-bond acceptors (Lipinski definition) is 6. The molecule has 0 aromatic rings. The van der Waals surface area contributed by atoms with Crippen LogP contribution in [0.1, 0.15) is 303 Å². The number of rotatable bonds is 59. The molecule has 0 spiro atoms. The Balaban J connectivity index is 4.33. The van der Waals surface area contributed by atoms with Gasteiger partial charge in [0, 0.05) is 19.3 Å². The summed E-state index contributed by atoms with van der Waals surface area (Å²) in [6, 6.07) is 0. The second-order valence-electron chi connectivity index (χ2n) is 21.6. The van der Waals surface area contributed by atoms with Crippen molar-refractivity contribution in [2.24, 2.45) is 0 Å². The van der Waals surface area contributed by atoms with E-state index in [1.165, 1.54) is 141 Å². The van der Waals surface area contributed by atoms with Gasteiger partial charge in [-0.25, -0.2) is 0 Å². The molecule has 0 N–H and O–H groups in total. The fourth-order valence-electron chi connectivity index (χ4n) is 9.05.